The van der Waals surface area contributed by atoms with Crippen molar-refractivity contribution in [1.82, 2.24) is 0 Å². The molecule has 0 saturated carbocycles. The number of rotatable bonds is 11. The third-order valence-electron chi connectivity index (χ3n) is 4.00. The van der Waals surface area contributed by atoms with Crippen LogP contribution < -0.4 is 0 Å². The molecule has 0 aliphatic carbocycles. The van der Waals surface area contributed by atoms with E-state index >= 15 is 0 Å². The molecule has 1 unspecified atom stereocenters. The zero-order chi connectivity index (χ0) is 14.9. The first-order valence-corrected chi connectivity index (χ1v) is 7.44. The van der Waals surface area contributed by atoms with Gasteiger partial charge in [0.05, 0.1) is 6.42 Å². The molecule has 0 saturated heterocycles. The van der Waals surface area contributed by atoms with Crippen LogP contribution in [0.5, 0.6) is 0 Å². The van der Waals surface area contributed by atoms with Gasteiger partial charge in [-0.1, -0.05) is 52.9 Å². The molecular formula is C16H28O3. The van der Waals surface area contributed by atoms with E-state index in [1.165, 1.54) is 26.2 Å². The molecule has 1 atom stereocenters. The number of hydrogen-bond acceptors (Lipinski definition) is 3. The summed E-state index contributed by atoms with van der Waals surface area (Å²) in [5.74, 6) is -1.16. The quantitative estimate of drug-likeness (QED) is 0.324. The van der Waals surface area contributed by atoms with Gasteiger partial charge in [-0.05, 0) is 12.8 Å². The van der Waals surface area contributed by atoms with Crippen molar-refractivity contribution in [3.63, 3.8) is 0 Å². The van der Waals surface area contributed by atoms with Crippen LogP contribution in [0.15, 0.2) is 0 Å². The first-order valence-electron chi connectivity index (χ1n) is 7.44. The summed E-state index contributed by atoms with van der Waals surface area (Å²) in [6, 6.07) is 0. The predicted octanol–water partition coefficient (Wildman–Crippen LogP) is 3.88. The number of Topliss-reactive ketones (excluding diaryl/α,β-unsaturated/α-hetero) is 3. The summed E-state index contributed by atoms with van der Waals surface area (Å²) in [4.78, 5) is 34.4. The first-order chi connectivity index (χ1) is 8.87. The Labute approximate surface area is 117 Å². The Morgan fingerprint density at radius 3 is 2.00 bits per heavy atom. The monoisotopic (exact) mass is 268 g/mol. The van der Waals surface area contributed by atoms with Crippen LogP contribution in [-0.2, 0) is 14.4 Å². The fourth-order valence-corrected chi connectivity index (χ4v) is 2.12. The molecule has 0 rings (SSSR count). The van der Waals surface area contributed by atoms with E-state index in [-0.39, 0.29) is 12.2 Å². The number of unbranched alkanes of at least 4 members (excludes halogenated alkanes) is 4. The van der Waals surface area contributed by atoms with Gasteiger partial charge >= 0.3 is 0 Å². The first kappa shape index (κ1) is 18.0. The van der Waals surface area contributed by atoms with E-state index in [1.54, 1.807) is 0 Å². The molecule has 0 aromatic carbocycles. The van der Waals surface area contributed by atoms with Crippen LogP contribution in [0.1, 0.15) is 79.1 Å². The lowest BCUT2D eigenvalue weighted by Crippen LogP contribution is -2.30. The molecule has 0 spiro atoms. The lowest BCUT2D eigenvalue weighted by atomic mass is 9.76. The van der Waals surface area contributed by atoms with Gasteiger partial charge in [-0.25, -0.2) is 0 Å². The summed E-state index contributed by atoms with van der Waals surface area (Å²) in [5, 5.41) is 0. The molecule has 0 heterocycles. The Morgan fingerprint density at radius 1 is 0.947 bits per heavy atom. The molecule has 0 aromatic heterocycles. The molecule has 110 valence electrons. The Balaban J connectivity index is 4.30. The van der Waals surface area contributed by atoms with Crippen LogP contribution in [0.4, 0.5) is 0 Å². The highest BCUT2D eigenvalue weighted by Gasteiger charge is 2.32. The van der Waals surface area contributed by atoms with Crippen molar-refractivity contribution in [1.29, 1.82) is 0 Å². The number of carbonyl (C=O) groups excluding carboxylic acids is 3. The van der Waals surface area contributed by atoms with E-state index in [9.17, 15) is 14.4 Å². The molecule has 3 heteroatoms. The minimum Gasteiger partial charge on any atom is -0.299 e. The SMILES string of the molecule is CCCCCCCC(C)(CC)C(=O)CC(=O)C(C)=O. The van der Waals surface area contributed by atoms with Crippen molar-refractivity contribution < 1.29 is 14.4 Å². The van der Waals surface area contributed by atoms with Crippen molar-refractivity contribution in [3.05, 3.63) is 0 Å². The van der Waals surface area contributed by atoms with Gasteiger partial charge < -0.3 is 0 Å². The molecule has 0 aromatic rings. The Morgan fingerprint density at radius 2 is 1.53 bits per heavy atom. The number of carbonyl (C=O) groups is 3. The normalized spacial score (nSPS) is 13.9. The lowest BCUT2D eigenvalue weighted by Gasteiger charge is -2.26. The summed E-state index contributed by atoms with van der Waals surface area (Å²) < 4.78 is 0. The topological polar surface area (TPSA) is 51.2 Å². The van der Waals surface area contributed by atoms with Crippen molar-refractivity contribution in [2.45, 2.75) is 79.1 Å². The zero-order valence-electron chi connectivity index (χ0n) is 12.9. The summed E-state index contributed by atoms with van der Waals surface area (Å²) in [6.07, 6.45) is 7.12. The molecule has 19 heavy (non-hydrogen) atoms. The van der Waals surface area contributed by atoms with Crippen molar-refractivity contribution in [3.8, 4) is 0 Å². The average Bonchev–Trinajstić information content (AvgIpc) is 2.37. The standard InChI is InChI=1S/C16H28O3/c1-5-7-8-9-10-11-16(4,6-2)15(19)12-14(18)13(3)17/h5-12H2,1-4H3. The Hall–Kier alpha value is -0.990. The van der Waals surface area contributed by atoms with Crippen LogP contribution in [0, 0.1) is 5.41 Å². The predicted molar refractivity (Wildman–Crippen MR) is 77.1 cm³/mol. The zero-order valence-corrected chi connectivity index (χ0v) is 12.9. The second-order valence-corrected chi connectivity index (χ2v) is 5.66. The van der Waals surface area contributed by atoms with E-state index in [2.05, 4.69) is 6.92 Å². The third kappa shape index (κ3) is 6.65. The van der Waals surface area contributed by atoms with Crippen molar-refractivity contribution in [2.24, 2.45) is 5.41 Å². The van der Waals surface area contributed by atoms with E-state index < -0.39 is 17.0 Å². The summed E-state index contributed by atoms with van der Waals surface area (Å²) in [6.45, 7) is 7.29. The highest BCUT2D eigenvalue weighted by atomic mass is 16.2. The smallest absolute Gasteiger partial charge is 0.205 e. The molecule has 0 amide bonds. The minimum absolute atomic E-state index is 0.0781. The average molecular weight is 268 g/mol. The maximum atomic E-state index is 12.2. The second-order valence-electron chi connectivity index (χ2n) is 5.66. The van der Waals surface area contributed by atoms with Gasteiger partial charge in [0.25, 0.3) is 0 Å². The fraction of sp³-hybridized carbons (Fsp3) is 0.812. The van der Waals surface area contributed by atoms with Crippen LogP contribution in [-0.4, -0.2) is 17.3 Å². The highest BCUT2D eigenvalue weighted by molar-refractivity contribution is 6.39. The Bertz CT molecular complexity index is 320. The minimum atomic E-state index is -0.560. The molecule has 0 fully saturated rings. The van der Waals surface area contributed by atoms with Crippen LogP contribution in [0.3, 0.4) is 0 Å². The largest absolute Gasteiger partial charge is 0.299 e. The van der Waals surface area contributed by atoms with E-state index in [1.807, 2.05) is 13.8 Å². The van der Waals surface area contributed by atoms with Gasteiger partial charge in [-0.15, -0.1) is 0 Å². The van der Waals surface area contributed by atoms with Gasteiger partial charge in [-0.3, -0.25) is 14.4 Å². The van der Waals surface area contributed by atoms with Crippen LogP contribution in [0.2, 0.25) is 0 Å². The number of ketones is 3. The Kier molecular flexibility index (Phi) is 8.53. The van der Waals surface area contributed by atoms with Gasteiger partial charge in [0.15, 0.2) is 5.78 Å². The third-order valence-corrected chi connectivity index (χ3v) is 4.00. The molecule has 0 N–H and O–H groups in total. The number of hydrogen-bond donors (Lipinski definition) is 0. The fourth-order valence-electron chi connectivity index (χ4n) is 2.12. The second kappa shape index (κ2) is 9.00. The van der Waals surface area contributed by atoms with Crippen LogP contribution in [0.25, 0.3) is 0 Å². The molecule has 0 aliphatic rings. The summed E-state index contributed by atoms with van der Waals surface area (Å²) in [7, 11) is 0. The van der Waals surface area contributed by atoms with Crippen LogP contribution >= 0.6 is 0 Å². The van der Waals surface area contributed by atoms with Crippen molar-refractivity contribution >= 4 is 17.3 Å². The maximum Gasteiger partial charge on any atom is 0.205 e. The maximum absolute atomic E-state index is 12.2. The van der Waals surface area contributed by atoms with Gasteiger partial charge in [-0.2, -0.15) is 0 Å². The molecule has 3 nitrogen and oxygen atoms in total. The van der Waals surface area contributed by atoms with Gasteiger partial charge in [0.1, 0.15) is 5.78 Å². The lowest BCUT2D eigenvalue weighted by molar-refractivity contribution is -0.140. The van der Waals surface area contributed by atoms with E-state index in [0.29, 0.717) is 0 Å². The molecule has 0 radical (unpaired) electrons. The summed E-state index contributed by atoms with van der Waals surface area (Å²) in [5.41, 5.74) is -0.447. The van der Waals surface area contributed by atoms with E-state index in [0.717, 1.165) is 25.7 Å². The molecule has 0 bridgehead atoms. The van der Waals surface area contributed by atoms with E-state index in [4.69, 9.17) is 0 Å². The molecular weight excluding hydrogens is 240 g/mol. The summed E-state index contributed by atoms with van der Waals surface area (Å²) >= 11 is 0. The van der Waals surface area contributed by atoms with Gasteiger partial charge in [0.2, 0.25) is 5.78 Å². The van der Waals surface area contributed by atoms with Gasteiger partial charge in [0, 0.05) is 12.3 Å². The van der Waals surface area contributed by atoms with Crippen molar-refractivity contribution in [2.75, 3.05) is 0 Å². The highest BCUT2D eigenvalue weighted by Crippen LogP contribution is 2.31. The molecule has 0 aliphatic heterocycles.